The average Bonchev–Trinajstić information content (AvgIpc) is 2.58. The molecule has 1 heterocycles. The van der Waals surface area contributed by atoms with Gasteiger partial charge in [0.15, 0.2) is 6.04 Å². The number of piperidine rings is 1. The summed E-state index contributed by atoms with van der Waals surface area (Å²) in [5.74, 6) is -0.399. The number of amides is 1. The second kappa shape index (κ2) is 8.83. The number of rotatable bonds is 6. The fourth-order valence-electron chi connectivity index (χ4n) is 3.44. The van der Waals surface area contributed by atoms with Gasteiger partial charge >= 0.3 is 5.97 Å². The first-order chi connectivity index (χ1) is 11.6. The fraction of sp³-hybridized carbons (Fsp3) is 0.579. The largest absolute Gasteiger partial charge is 0.462 e. The molecule has 0 saturated carbocycles. The maximum absolute atomic E-state index is 12.8. The number of carbonyl (C=O) groups is 2. The van der Waals surface area contributed by atoms with Gasteiger partial charge in [-0.2, -0.15) is 0 Å². The maximum Gasteiger partial charge on any atom is 0.340 e. The Bertz CT molecular complexity index is 580. The van der Waals surface area contributed by atoms with Crippen LogP contribution in [-0.2, 0) is 9.53 Å². The third-order valence-electron chi connectivity index (χ3n) is 4.73. The molecule has 0 radical (unpaired) electrons. The van der Waals surface area contributed by atoms with E-state index in [1.807, 2.05) is 19.1 Å². The average molecular weight is 333 g/mol. The molecule has 0 aromatic heterocycles. The van der Waals surface area contributed by atoms with Gasteiger partial charge in [0.2, 0.25) is 0 Å². The number of hydrogen-bond donors (Lipinski definition) is 2. The third-order valence-corrected chi connectivity index (χ3v) is 4.73. The van der Waals surface area contributed by atoms with Crippen molar-refractivity contribution < 1.29 is 19.2 Å². The minimum Gasteiger partial charge on any atom is -0.462 e. The highest BCUT2D eigenvalue weighted by atomic mass is 16.5. The van der Waals surface area contributed by atoms with Crippen molar-refractivity contribution in [2.45, 2.75) is 52.5 Å². The number of esters is 1. The first-order valence-corrected chi connectivity index (χ1v) is 9.00. The van der Waals surface area contributed by atoms with E-state index in [-0.39, 0.29) is 11.9 Å². The number of likely N-dealkylation sites (tertiary alicyclic amines) is 1. The van der Waals surface area contributed by atoms with Crippen LogP contribution >= 0.6 is 0 Å². The van der Waals surface area contributed by atoms with Crippen molar-refractivity contribution in [1.82, 2.24) is 0 Å². The van der Waals surface area contributed by atoms with Crippen molar-refractivity contribution in [3.05, 3.63) is 29.3 Å². The Hall–Kier alpha value is -1.88. The molecule has 0 bridgehead atoms. The highest BCUT2D eigenvalue weighted by Crippen LogP contribution is 2.22. The predicted molar refractivity (Wildman–Crippen MR) is 94.4 cm³/mol. The van der Waals surface area contributed by atoms with E-state index < -0.39 is 5.97 Å². The van der Waals surface area contributed by atoms with Crippen LogP contribution in [0.1, 0.15) is 55.5 Å². The summed E-state index contributed by atoms with van der Waals surface area (Å²) >= 11 is 0. The van der Waals surface area contributed by atoms with Crippen molar-refractivity contribution in [3.8, 4) is 0 Å². The molecule has 5 heteroatoms. The lowest BCUT2D eigenvalue weighted by molar-refractivity contribution is -0.920. The standard InChI is InChI=1S/C19H28N2O3/c1-4-16(21-12-7-6-8-13-21)18(22)20-17-14(3)10-9-11-15(17)19(23)24-5-2/h9-11,16H,4-8,12-13H2,1-3H3,(H,20,22)/p+1. The summed E-state index contributed by atoms with van der Waals surface area (Å²) in [6.07, 6.45) is 4.41. The summed E-state index contributed by atoms with van der Waals surface area (Å²) < 4.78 is 5.11. The van der Waals surface area contributed by atoms with E-state index in [4.69, 9.17) is 4.74 Å². The highest BCUT2D eigenvalue weighted by Gasteiger charge is 2.30. The topological polar surface area (TPSA) is 59.8 Å². The van der Waals surface area contributed by atoms with Crippen LogP contribution in [0, 0.1) is 6.92 Å². The Labute approximate surface area is 144 Å². The van der Waals surface area contributed by atoms with E-state index in [0.717, 1.165) is 25.1 Å². The maximum atomic E-state index is 12.8. The van der Waals surface area contributed by atoms with Gasteiger partial charge < -0.3 is 15.0 Å². The van der Waals surface area contributed by atoms with Crippen molar-refractivity contribution >= 4 is 17.6 Å². The number of nitrogens with one attached hydrogen (secondary N) is 2. The van der Waals surface area contributed by atoms with E-state index in [0.29, 0.717) is 17.9 Å². The van der Waals surface area contributed by atoms with E-state index in [1.54, 1.807) is 13.0 Å². The fourth-order valence-corrected chi connectivity index (χ4v) is 3.44. The Kier molecular flexibility index (Phi) is 6.79. The monoisotopic (exact) mass is 333 g/mol. The number of para-hydroxylation sites is 1. The number of benzene rings is 1. The number of carbonyl (C=O) groups excluding carboxylic acids is 2. The molecule has 1 aromatic rings. The lowest BCUT2D eigenvalue weighted by Gasteiger charge is -2.30. The zero-order chi connectivity index (χ0) is 17.5. The van der Waals surface area contributed by atoms with Crippen molar-refractivity contribution in [3.63, 3.8) is 0 Å². The number of quaternary nitrogens is 1. The molecule has 1 fully saturated rings. The van der Waals surface area contributed by atoms with Crippen LogP contribution in [0.5, 0.6) is 0 Å². The molecule has 0 aliphatic carbocycles. The third kappa shape index (κ3) is 4.35. The number of anilines is 1. The van der Waals surface area contributed by atoms with Crippen LogP contribution in [0.3, 0.4) is 0 Å². The quantitative estimate of drug-likeness (QED) is 0.783. The number of aryl methyl sites for hydroxylation is 1. The molecule has 2 rings (SSSR count). The molecular formula is C19H29N2O3+. The molecule has 5 nitrogen and oxygen atoms in total. The van der Waals surface area contributed by atoms with Crippen molar-refractivity contribution in [2.24, 2.45) is 0 Å². The van der Waals surface area contributed by atoms with Gasteiger partial charge in [-0.3, -0.25) is 4.79 Å². The van der Waals surface area contributed by atoms with Crippen LogP contribution in [0.4, 0.5) is 5.69 Å². The van der Waals surface area contributed by atoms with E-state index in [2.05, 4.69) is 12.2 Å². The van der Waals surface area contributed by atoms with Gasteiger partial charge in [-0.15, -0.1) is 0 Å². The second-order valence-corrected chi connectivity index (χ2v) is 6.39. The van der Waals surface area contributed by atoms with Crippen molar-refractivity contribution in [1.29, 1.82) is 0 Å². The molecule has 1 saturated heterocycles. The van der Waals surface area contributed by atoms with Gasteiger partial charge in [0.25, 0.3) is 5.91 Å². The summed E-state index contributed by atoms with van der Waals surface area (Å²) in [7, 11) is 0. The first-order valence-electron chi connectivity index (χ1n) is 9.00. The van der Waals surface area contributed by atoms with Gasteiger partial charge in [0.05, 0.1) is 30.9 Å². The summed E-state index contributed by atoms with van der Waals surface area (Å²) in [6.45, 7) is 8.13. The Morgan fingerprint density at radius 1 is 1.21 bits per heavy atom. The molecule has 132 valence electrons. The van der Waals surface area contributed by atoms with Crippen LogP contribution in [0.15, 0.2) is 18.2 Å². The van der Waals surface area contributed by atoms with Gasteiger partial charge in [-0.1, -0.05) is 19.1 Å². The second-order valence-electron chi connectivity index (χ2n) is 6.39. The smallest absolute Gasteiger partial charge is 0.340 e. The van der Waals surface area contributed by atoms with Gasteiger partial charge in [0, 0.05) is 6.42 Å². The molecule has 1 atom stereocenters. The van der Waals surface area contributed by atoms with E-state index in [1.165, 1.54) is 24.2 Å². The Balaban J connectivity index is 2.19. The molecule has 0 spiro atoms. The lowest BCUT2D eigenvalue weighted by Crippen LogP contribution is -3.17. The van der Waals surface area contributed by atoms with Gasteiger partial charge in [0.1, 0.15) is 0 Å². The predicted octanol–water partition coefficient (Wildman–Crippen LogP) is 1.96. The molecule has 1 aliphatic rings. The van der Waals surface area contributed by atoms with Crippen LogP contribution in [0.2, 0.25) is 0 Å². The summed E-state index contributed by atoms with van der Waals surface area (Å²) in [5.41, 5.74) is 1.88. The molecular weight excluding hydrogens is 304 g/mol. The molecule has 1 unspecified atom stereocenters. The minimum atomic E-state index is -0.394. The van der Waals surface area contributed by atoms with Crippen LogP contribution in [-0.4, -0.2) is 37.6 Å². The van der Waals surface area contributed by atoms with E-state index >= 15 is 0 Å². The minimum absolute atomic E-state index is 0.00533. The molecule has 1 amide bonds. The number of hydrogen-bond acceptors (Lipinski definition) is 3. The SMILES string of the molecule is CCOC(=O)c1cccc(C)c1NC(=O)C(CC)[NH+]1CCCCC1. The summed E-state index contributed by atoms with van der Waals surface area (Å²) in [4.78, 5) is 26.4. The zero-order valence-electron chi connectivity index (χ0n) is 15.0. The van der Waals surface area contributed by atoms with E-state index in [9.17, 15) is 9.59 Å². The molecule has 1 aromatic carbocycles. The highest BCUT2D eigenvalue weighted by molar-refractivity contribution is 6.03. The normalized spacial score (nSPS) is 16.5. The molecule has 2 N–H and O–H groups in total. The first kappa shape index (κ1) is 18.5. The Morgan fingerprint density at radius 2 is 1.92 bits per heavy atom. The van der Waals surface area contributed by atoms with Gasteiger partial charge in [-0.25, -0.2) is 4.79 Å². The van der Waals surface area contributed by atoms with Crippen LogP contribution < -0.4 is 10.2 Å². The molecule has 24 heavy (non-hydrogen) atoms. The summed E-state index contributed by atoms with van der Waals surface area (Å²) in [6, 6.07) is 5.34. The summed E-state index contributed by atoms with van der Waals surface area (Å²) in [5, 5.41) is 3.01. The Morgan fingerprint density at radius 3 is 2.54 bits per heavy atom. The van der Waals surface area contributed by atoms with Crippen molar-refractivity contribution in [2.75, 3.05) is 25.0 Å². The van der Waals surface area contributed by atoms with Crippen LogP contribution in [0.25, 0.3) is 0 Å². The molecule has 1 aliphatic heterocycles. The zero-order valence-corrected chi connectivity index (χ0v) is 15.0. The lowest BCUT2D eigenvalue weighted by atomic mass is 10.0. The van der Waals surface area contributed by atoms with Gasteiger partial charge in [-0.05, 0) is 44.7 Å². The number of ether oxygens (including phenoxy) is 1.